The van der Waals surface area contributed by atoms with Gasteiger partial charge >= 0.3 is 0 Å². The molecule has 14 heavy (non-hydrogen) atoms. The highest BCUT2D eigenvalue weighted by atomic mass is 35.5. The first-order chi connectivity index (χ1) is 6.45. The largest absolute Gasteiger partial charge is 0.214 e. The topological polar surface area (TPSA) is 37.4 Å². The lowest BCUT2D eigenvalue weighted by atomic mass is 10.2. The summed E-state index contributed by atoms with van der Waals surface area (Å²) in [4.78, 5) is 0. The molecule has 0 amide bonds. The molecule has 0 N–H and O–H groups in total. The van der Waals surface area contributed by atoms with E-state index >= 15 is 0 Å². The van der Waals surface area contributed by atoms with E-state index in [0.29, 0.717) is 24.9 Å². The molecule has 0 aromatic carbocycles. The summed E-state index contributed by atoms with van der Waals surface area (Å²) in [6.45, 7) is 5.31. The zero-order valence-electron chi connectivity index (χ0n) is 8.74. The number of halogens is 1. The number of hydrogen-bond donors (Lipinski definition) is 0. The van der Waals surface area contributed by atoms with E-state index in [1.807, 2.05) is 6.92 Å². The fraction of sp³-hybridized carbons (Fsp3) is 1.00. The van der Waals surface area contributed by atoms with Crippen molar-refractivity contribution in [3.63, 3.8) is 0 Å². The molecule has 1 aliphatic heterocycles. The molecule has 5 heteroatoms. The standard InChI is InChI=1S/C9H18ClNO2S/c1-8-3-4-11(6-8)14(12,13)7-9(2)5-10/h8-9H,3-7H2,1-2H3. The van der Waals surface area contributed by atoms with Crippen LogP contribution in [-0.4, -0.2) is 37.4 Å². The van der Waals surface area contributed by atoms with Gasteiger partial charge in [-0.1, -0.05) is 13.8 Å². The Labute approximate surface area is 91.5 Å². The van der Waals surface area contributed by atoms with Crippen molar-refractivity contribution in [2.75, 3.05) is 24.7 Å². The smallest absolute Gasteiger partial charge is 0.212 e. The molecule has 0 spiro atoms. The van der Waals surface area contributed by atoms with Gasteiger partial charge in [0.1, 0.15) is 0 Å². The molecule has 3 nitrogen and oxygen atoms in total. The molecule has 1 fully saturated rings. The van der Waals surface area contributed by atoms with E-state index in [9.17, 15) is 8.42 Å². The summed E-state index contributed by atoms with van der Waals surface area (Å²) in [5.74, 6) is 1.12. The van der Waals surface area contributed by atoms with Gasteiger partial charge in [-0.2, -0.15) is 0 Å². The number of hydrogen-bond acceptors (Lipinski definition) is 2. The van der Waals surface area contributed by atoms with E-state index in [2.05, 4.69) is 6.92 Å². The molecular weight excluding hydrogens is 222 g/mol. The van der Waals surface area contributed by atoms with Gasteiger partial charge in [-0.05, 0) is 18.3 Å². The van der Waals surface area contributed by atoms with Gasteiger partial charge in [-0.3, -0.25) is 0 Å². The Morgan fingerprint density at radius 2 is 2.21 bits per heavy atom. The average Bonchev–Trinajstić information content (AvgIpc) is 2.51. The predicted molar refractivity (Wildman–Crippen MR) is 59.0 cm³/mol. The van der Waals surface area contributed by atoms with Crippen LogP contribution < -0.4 is 0 Å². The van der Waals surface area contributed by atoms with Crippen LogP contribution in [0.15, 0.2) is 0 Å². The fourth-order valence-electron chi connectivity index (χ4n) is 1.66. The van der Waals surface area contributed by atoms with Crippen LogP contribution in [0.3, 0.4) is 0 Å². The van der Waals surface area contributed by atoms with Crippen molar-refractivity contribution in [3.8, 4) is 0 Å². The minimum atomic E-state index is -3.06. The van der Waals surface area contributed by atoms with E-state index in [0.717, 1.165) is 6.42 Å². The zero-order chi connectivity index (χ0) is 10.8. The van der Waals surface area contributed by atoms with Crippen molar-refractivity contribution in [1.29, 1.82) is 0 Å². The Morgan fingerprint density at radius 1 is 1.57 bits per heavy atom. The molecular formula is C9H18ClNO2S. The second-order valence-electron chi connectivity index (χ2n) is 4.29. The molecule has 2 unspecified atom stereocenters. The number of sulfonamides is 1. The summed E-state index contributed by atoms with van der Waals surface area (Å²) in [6, 6.07) is 0. The van der Waals surface area contributed by atoms with Gasteiger partial charge in [0, 0.05) is 19.0 Å². The summed E-state index contributed by atoms with van der Waals surface area (Å²) < 4.78 is 25.2. The van der Waals surface area contributed by atoms with Gasteiger partial charge in [0.15, 0.2) is 0 Å². The molecule has 1 aliphatic rings. The highest BCUT2D eigenvalue weighted by Crippen LogP contribution is 2.20. The van der Waals surface area contributed by atoms with Crippen LogP contribution in [0.2, 0.25) is 0 Å². The van der Waals surface area contributed by atoms with Gasteiger partial charge in [-0.25, -0.2) is 12.7 Å². The van der Waals surface area contributed by atoms with Crippen LogP contribution in [0.25, 0.3) is 0 Å². The third kappa shape index (κ3) is 3.11. The lowest BCUT2D eigenvalue weighted by Gasteiger charge is -2.17. The molecule has 1 rings (SSSR count). The van der Waals surface area contributed by atoms with Crippen LogP contribution in [0, 0.1) is 11.8 Å². The average molecular weight is 240 g/mol. The van der Waals surface area contributed by atoms with Crippen molar-refractivity contribution in [1.82, 2.24) is 4.31 Å². The quantitative estimate of drug-likeness (QED) is 0.698. The molecule has 1 heterocycles. The highest BCUT2D eigenvalue weighted by molar-refractivity contribution is 7.89. The lowest BCUT2D eigenvalue weighted by molar-refractivity contribution is 0.458. The first-order valence-corrected chi connectivity index (χ1v) is 7.14. The first kappa shape index (κ1) is 12.3. The maximum absolute atomic E-state index is 11.8. The Morgan fingerprint density at radius 3 is 2.64 bits per heavy atom. The summed E-state index contributed by atoms with van der Waals surface area (Å²) >= 11 is 5.61. The van der Waals surface area contributed by atoms with E-state index < -0.39 is 10.0 Å². The molecule has 2 atom stereocenters. The number of alkyl halides is 1. The maximum atomic E-state index is 11.8. The lowest BCUT2D eigenvalue weighted by Crippen LogP contribution is -2.33. The van der Waals surface area contributed by atoms with Crippen molar-refractivity contribution in [3.05, 3.63) is 0 Å². The molecule has 1 saturated heterocycles. The molecule has 84 valence electrons. The molecule has 0 saturated carbocycles. The summed E-state index contributed by atoms with van der Waals surface area (Å²) in [5.41, 5.74) is 0. The first-order valence-electron chi connectivity index (χ1n) is 4.99. The van der Waals surface area contributed by atoms with Crippen LogP contribution in [0.5, 0.6) is 0 Å². The minimum Gasteiger partial charge on any atom is -0.212 e. The SMILES string of the molecule is CC1CCN(S(=O)(=O)CC(C)CCl)C1. The normalized spacial score (nSPS) is 26.6. The van der Waals surface area contributed by atoms with E-state index in [4.69, 9.17) is 11.6 Å². The highest BCUT2D eigenvalue weighted by Gasteiger charge is 2.29. The summed E-state index contributed by atoms with van der Waals surface area (Å²) in [7, 11) is -3.06. The molecule has 0 bridgehead atoms. The van der Waals surface area contributed by atoms with Crippen molar-refractivity contribution in [2.24, 2.45) is 11.8 Å². The molecule has 0 radical (unpaired) electrons. The van der Waals surface area contributed by atoms with Crippen LogP contribution in [0.4, 0.5) is 0 Å². The third-order valence-corrected chi connectivity index (χ3v) is 5.17. The van der Waals surface area contributed by atoms with Gasteiger partial charge in [0.05, 0.1) is 5.75 Å². The summed E-state index contributed by atoms with van der Waals surface area (Å²) in [6.07, 6.45) is 0.981. The Hall–Kier alpha value is 0.200. The predicted octanol–water partition coefficient (Wildman–Crippen LogP) is 1.53. The van der Waals surface area contributed by atoms with E-state index in [1.165, 1.54) is 0 Å². The second-order valence-corrected chi connectivity index (χ2v) is 6.61. The van der Waals surface area contributed by atoms with Crippen molar-refractivity contribution < 1.29 is 8.42 Å². The number of nitrogens with zero attached hydrogens (tertiary/aromatic N) is 1. The zero-order valence-corrected chi connectivity index (χ0v) is 10.3. The molecule has 0 aliphatic carbocycles. The molecule has 0 aromatic rings. The van der Waals surface area contributed by atoms with Gasteiger partial charge in [-0.15, -0.1) is 11.6 Å². The van der Waals surface area contributed by atoms with E-state index in [-0.39, 0.29) is 11.7 Å². The minimum absolute atomic E-state index is 0.0394. The third-order valence-electron chi connectivity index (χ3n) is 2.54. The fourth-order valence-corrected chi connectivity index (χ4v) is 3.81. The Kier molecular flexibility index (Phi) is 4.22. The van der Waals surface area contributed by atoms with E-state index in [1.54, 1.807) is 4.31 Å². The van der Waals surface area contributed by atoms with Crippen LogP contribution in [-0.2, 0) is 10.0 Å². The Balaban J connectivity index is 2.57. The Bertz CT molecular complexity index is 279. The summed E-state index contributed by atoms with van der Waals surface area (Å²) in [5, 5.41) is 0. The number of rotatable bonds is 4. The van der Waals surface area contributed by atoms with Crippen molar-refractivity contribution in [2.45, 2.75) is 20.3 Å². The van der Waals surface area contributed by atoms with Gasteiger partial charge in [0.25, 0.3) is 0 Å². The molecule has 0 aromatic heterocycles. The van der Waals surface area contributed by atoms with Gasteiger partial charge < -0.3 is 0 Å². The maximum Gasteiger partial charge on any atom is 0.214 e. The van der Waals surface area contributed by atoms with Crippen LogP contribution in [0.1, 0.15) is 20.3 Å². The monoisotopic (exact) mass is 239 g/mol. The van der Waals surface area contributed by atoms with Crippen LogP contribution >= 0.6 is 11.6 Å². The second kappa shape index (κ2) is 4.81. The van der Waals surface area contributed by atoms with Gasteiger partial charge in [0.2, 0.25) is 10.0 Å². The van der Waals surface area contributed by atoms with Crippen molar-refractivity contribution >= 4 is 21.6 Å².